The lowest BCUT2D eigenvalue weighted by molar-refractivity contribution is 0.861. The lowest BCUT2D eigenvalue weighted by Gasteiger charge is -1.95. The molecule has 0 atom stereocenters. The van der Waals surface area contributed by atoms with Crippen LogP contribution in [0.1, 0.15) is 19.2 Å². The number of rotatable bonds is 3. The molecular formula is C13H13N3S. The Morgan fingerprint density at radius 2 is 2.35 bits per heavy atom. The maximum Gasteiger partial charge on any atom is 0.107 e. The first-order valence-corrected chi connectivity index (χ1v) is 6.63. The van der Waals surface area contributed by atoms with Gasteiger partial charge in [-0.1, -0.05) is 13.0 Å². The Balaban J connectivity index is 2.06. The van der Waals surface area contributed by atoms with Gasteiger partial charge in [0.15, 0.2) is 0 Å². The minimum Gasteiger partial charge on any atom is -0.341 e. The zero-order valence-corrected chi connectivity index (χ0v) is 10.4. The van der Waals surface area contributed by atoms with Gasteiger partial charge in [0.25, 0.3) is 0 Å². The van der Waals surface area contributed by atoms with Crippen molar-refractivity contribution in [2.75, 3.05) is 0 Å². The summed E-state index contributed by atoms with van der Waals surface area (Å²) >= 11 is 1.70. The molecule has 0 aliphatic rings. The molecule has 0 saturated heterocycles. The number of hydrogen-bond donors (Lipinski definition) is 1. The van der Waals surface area contributed by atoms with Crippen LogP contribution in [0.25, 0.3) is 21.6 Å². The number of nitrogens with zero attached hydrogens (tertiary/aromatic N) is 2. The van der Waals surface area contributed by atoms with Crippen LogP contribution in [0.15, 0.2) is 29.8 Å². The van der Waals surface area contributed by atoms with E-state index in [2.05, 4.69) is 39.4 Å². The number of aromatic nitrogens is 3. The van der Waals surface area contributed by atoms with Gasteiger partial charge in [-0.3, -0.25) is 4.98 Å². The fourth-order valence-electron chi connectivity index (χ4n) is 1.88. The summed E-state index contributed by atoms with van der Waals surface area (Å²) in [5, 5.41) is 2.06. The molecule has 0 spiro atoms. The molecule has 3 heterocycles. The second-order valence-corrected chi connectivity index (χ2v) is 4.95. The Hall–Kier alpha value is -1.68. The summed E-state index contributed by atoms with van der Waals surface area (Å²) in [4.78, 5) is 13.5. The van der Waals surface area contributed by atoms with Crippen molar-refractivity contribution in [1.82, 2.24) is 15.0 Å². The van der Waals surface area contributed by atoms with Crippen LogP contribution < -0.4 is 0 Å². The second kappa shape index (κ2) is 4.30. The molecule has 0 fully saturated rings. The summed E-state index contributed by atoms with van der Waals surface area (Å²) in [6.07, 6.45) is 3.96. The lowest BCUT2D eigenvalue weighted by atomic mass is 10.3. The van der Waals surface area contributed by atoms with Gasteiger partial charge in [0.05, 0.1) is 27.8 Å². The van der Waals surface area contributed by atoms with Crippen LogP contribution in [0.3, 0.4) is 0 Å². The number of aromatic amines is 1. The summed E-state index contributed by atoms with van der Waals surface area (Å²) in [6, 6.07) is 6.17. The van der Waals surface area contributed by atoms with E-state index in [9.17, 15) is 0 Å². The molecule has 17 heavy (non-hydrogen) atoms. The molecule has 86 valence electrons. The van der Waals surface area contributed by atoms with E-state index in [0.29, 0.717) is 0 Å². The zero-order valence-electron chi connectivity index (χ0n) is 9.60. The van der Waals surface area contributed by atoms with Crippen molar-refractivity contribution in [3.63, 3.8) is 0 Å². The van der Waals surface area contributed by atoms with Crippen molar-refractivity contribution in [2.24, 2.45) is 0 Å². The molecule has 0 unspecified atom stereocenters. The van der Waals surface area contributed by atoms with Gasteiger partial charge in [-0.2, -0.15) is 0 Å². The third kappa shape index (κ3) is 1.96. The highest BCUT2D eigenvalue weighted by Gasteiger charge is 2.06. The maximum absolute atomic E-state index is 4.58. The zero-order chi connectivity index (χ0) is 11.7. The van der Waals surface area contributed by atoms with Crippen molar-refractivity contribution in [1.29, 1.82) is 0 Å². The highest BCUT2D eigenvalue weighted by Crippen LogP contribution is 2.24. The largest absolute Gasteiger partial charge is 0.341 e. The van der Waals surface area contributed by atoms with E-state index in [1.54, 1.807) is 11.3 Å². The maximum atomic E-state index is 4.58. The Kier molecular flexibility index (Phi) is 2.65. The minimum absolute atomic E-state index is 0.989. The van der Waals surface area contributed by atoms with Crippen LogP contribution in [-0.4, -0.2) is 15.0 Å². The highest BCUT2D eigenvalue weighted by atomic mass is 32.1. The molecule has 1 N–H and O–H groups in total. The Bertz CT molecular complexity index is 625. The van der Waals surface area contributed by atoms with E-state index in [-0.39, 0.29) is 0 Å². The van der Waals surface area contributed by atoms with Crippen LogP contribution in [-0.2, 0) is 6.42 Å². The Morgan fingerprint density at radius 3 is 3.12 bits per heavy atom. The topological polar surface area (TPSA) is 41.6 Å². The third-order valence-electron chi connectivity index (χ3n) is 2.68. The van der Waals surface area contributed by atoms with Gasteiger partial charge in [-0.25, -0.2) is 4.98 Å². The van der Waals surface area contributed by atoms with E-state index in [1.807, 2.05) is 12.3 Å². The summed E-state index contributed by atoms with van der Waals surface area (Å²) in [5.41, 5.74) is 3.03. The smallest absolute Gasteiger partial charge is 0.107 e. The molecule has 3 nitrogen and oxygen atoms in total. The van der Waals surface area contributed by atoms with E-state index >= 15 is 0 Å². The fraction of sp³-hybridized carbons (Fsp3) is 0.231. The first kappa shape index (κ1) is 10.5. The number of fused-ring (bicyclic) bond motifs is 1. The summed E-state index contributed by atoms with van der Waals surface area (Å²) in [7, 11) is 0. The van der Waals surface area contributed by atoms with Gasteiger partial charge in [0.2, 0.25) is 0 Å². The number of pyridine rings is 1. The fourth-order valence-corrected chi connectivity index (χ4v) is 2.57. The number of H-pyrrole nitrogens is 1. The van der Waals surface area contributed by atoms with Gasteiger partial charge >= 0.3 is 0 Å². The van der Waals surface area contributed by atoms with Gasteiger partial charge in [0, 0.05) is 6.42 Å². The van der Waals surface area contributed by atoms with Crippen molar-refractivity contribution < 1.29 is 0 Å². The molecule has 0 aromatic carbocycles. The number of hydrogen-bond acceptors (Lipinski definition) is 3. The first-order valence-electron chi connectivity index (χ1n) is 5.75. The summed E-state index contributed by atoms with van der Waals surface area (Å²) < 4.78 is 0. The van der Waals surface area contributed by atoms with Gasteiger partial charge in [0.1, 0.15) is 5.82 Å². The third-order valence-corrected chi connectivity index (χ3v) is 3.57. The van der Waals surface area contributed by atoms with Crippen molar-refractivity contribution in [3.8, 4) is 10.6 Å². The Labute approximate surface area is 104 Å². The van der Waals surface area contributed by atoms with E-state index < -0.39 is 0 Å². The molecule has 3 rings (SSSR count). The van der Waals surface area contributed by atoms with E-state index in [1.165, 1.54) is 4.88 Å². The quantitative estimate of drug-likeness (QED) is 0.763. The van der Waals surface area contributed by atoms with Crippen LogP contribution in [0.2, 0.25) is 0 Å². The van der Waals surface area contributed by atoms with Crippen molar-refractivity contribution in [2.45, 2.75) is 19.8 Å². The van der Waals surface area contributed by atoms with Crippen LogP contribution >= 0.6 is 11.3 Å². The van der Waals surface area contributed by atoms with Crippen molar-refractivity contribution in [3.05, 3.63) is 35.6 Å². The molecule has 3 aromatic rings. The average molecular weight is 243 g/mol. The molecule has 3 aromatic heterocycles. The molecule has 0 aliphatic heterocycles. The standard InChI is InChI=1S/C13H13N3S/c1-2-4-13-15-9-7-10(12-5-3-6-17-12)14-8-11(9)16-13/h3,5-8H,2,4H2,1H3,(H,15,16). The summed E-state index contributed by atoms with van der Waals surface area (Å²) in [5.74, 6) is 1.05. The molecular weight excluding hydrogens is 230 g/mol. The molecule has 4 heteroatoms. The average Bonchev–Trinajstić information content (AvgIpc) is 2.96. The molecule has 0 bridgehead atoms. The minimum atomic E-state index is 0.989. The van der Waals surface area contributed by atoms with Crippen LogP contribution in [0.4, 0.5) is 0 Å². The molecule has 0 radical (unpaired) electrons. The van der Waals surface area contributed by atoms with Crippen LogP contribution in [0, 0.1) is 0 Å². The van der Waals surface area contributed by atoms with E-state index in [0.717, 1.165) is 35.4 Å². The normalized spacial score (nSPS) is 11.1. The van der Waals surface area contributed by atoms with Crippen LogP contribution in [0.5, 0.6) is 0 Å². The molecule has 0 saturated carbocycles. The van der Waals surface area contributed by atoms with Gasteiger partial charge < -0.3 is 4.98 Å². The number of thiophene rings is 1. The molecule has 0 amide bonds. The molecule has 0 aliphatic carbocycles. The number of aryl methyl sites for hydroxylation is 1. The highest BCUT2D eigenvalue weighted by molar-refractivity contribution is 7.13. The van der Waals surface area contributed by atoms with Gasteiger partial charge in [-0.15, -0.1) is 11.3 Å². The van der Waals surface area contributed by atoms with E-state index in [4.69, 9.17) is 0 Å². The van der Waals surface area contributed by atoms with Gasteiger partial charge in [-0.05, 0) is 23.9 Å². The predicted molar refractivity (Wildman–Crippen MR) is 71.2 cm³/mol. The second-order valence-electron chi connectivity index (χ2n) is 4.00. The lowest BCUT2D eigenvalue weighted by Crippen LogP contribution is -1.83. The SMILES string of the molecule is CCCc1nc2cc(-c3cccs3)ncc2[nH]1. The first-order chi connectivity index (χ1) is 8.36. The predicted octanol–water partition coefficient (Wildman–Crippen LogP) is 3.64. The van der Waals surface area contributed by atoms with Crippen molar-refractivity contribution >= 4 is 22.4 Å². The summed E-state index contributed by atoms with van der Waals surface area (Å²) in [6.45, 7) is 2.16. The Morgan fingerprint density at radius 1 is 1.41 bits per heavy atom. The number of imidazole rings is 1. The number of nitrogens with one attached hydrogen (secondary N) is 1. The monoisotopic (exact) mass is 243 g/mol.